The van der Waals surface area contributed by atoms with Crippen molar-refractivity contribution in [2.24, 2.45) is 5.92 Å². The highest BCUT2D eigenvalue weighted by molar-refractivity contribution is 6.08. The van der Waals surface area contributed by atoms with Crippen LogP contribution in [0, 0.1) is 11.7 Å². The molecule has 1 heterocycles. The number of fused-ring (bicyclic) bond motifs is 1. The molecule has 1 aliphatic heterocycles. The highest BCUT2D eigenvalue weighted by Gasteiger charge is 2.31. The number of rotatable bonds is 5. The van der Waals surface area contributed by atoms with Crippen molar-refractivity contribution in [1.82, 2.24) is 9.80 Å². The Labute approximate surface area is 187 Å². The van der Waals surface area contributed by atoms with E-state index in [1.54, 1.807) is 42.2 Å². The summed E-state index contributed by atoms with van der Waals surface area (Å²) in [6.45, 7) is 1.43. The van der Waals surface area contributed by atoms with Gasteiger partial charge in [0, 0.05) is 37.6 Å². The maximum absolute atomic E-state index is 13.4. The lowest BCUT2D eigenvalue weighted by atomic mass is 9.95. The van der Waals surface area contributed by atoms with Gasteiger partial charge in [0.2, 0.25) is 5.91 Å². The van der Waals surface area contributed by atoms with Gasteiger partial charge in [0.15, 0.2) is 0 Å². The summed E-state index contributed by atoms with van der Waals surface area (Å²) in [5.41, 5.74) is 1.49. The van der Waals surface area contributed by atoms with Crippen LogP contribution in [0.2, 0.25) is 0 Å². The van der Waals surface area contributed by atoms with Gasteiger partial charge in [-0.1, -0.05) is 36.4 Å². The van der Waals surface area contributed by atoms with Gasteiger partial charge in [-0.2, -0.15) is 0 Å². The van der Waals surface area contributed by atoms with Crippen molar-refractivity contribution in [3.05, 3.63) is 77.6 Å². The quantitative estimate of drug-likeness (QED) is 0.594. The molecule has 1 fully saturated rings. The standard InChI is InChI=1S/C26H27FN2O3/c1-28(16-18-9-11-20(27)12-10-18)25(30)19-6-5-15-29(17-19)26(31)23-13-14-24(32-2)22-8-4-3-7-21(22)23/h3-4,7-14,19H,5-6,15-17H2,1-2H3. The zero-order valence-corrected chi connectivity index (χ0v) is 18.4. The number of carbonyl (C=O) groups is 2. The van der Waals surface area contributed by atoms with Crippen molar-refractivity contribution in [3.63, 3.8) is 0 Å². The van der Waals surface area contributed by atoms with Gasteiger partial charge in [-0.3, -0.25) is 9.59 Å². The van der Waals surface area contributed by atoms with Crippen LogP contribution >= 0.6 is 0 Å². The molecule has 2 amide bonds. The normalized spacial score (nSPS) is 16.1. The number of benzene rings is 3. The Morgan fingerprint density at radius 3 is 2.50 bits per heavy atom. The van der Waals surface area contributed by atoms with E-state index in [9.17, 15) is 14.0 Å². The Balaban J connectivity index is 1.49. The molecule has 0 N–H and O–H groups in total. The third kappa shape index (κ3) is 4.44. The first-order valence-corrected chi connectivity index (χ1v) is 10.8. The lowest BCUT2D eigenvalue weighted by Gasteiger charge is -2.34. The lowest BCUT2D eigenvalue weighted by molar-refractivity contribution is -0.136. The number of halogens is 1. The largest absolute Gasteiger partial charge is 0.496 e. The van der Waals surface area contributed by atoms with Gasteiger partial charge in [0.05, 0.1) is 13.0 Å². The van der Waals surface area contributed by atoms with E-state index in [2.05, 4.69) is 0 Å². The first-order valence-electron chi connectivity index (χ1n) is 10.8. The van der Waals surface area contributed by atoms with Crippen molar-refractivity contribution in [3.8, 4) is 5.75 Å². The molecule has 0 radical (unpaired) electrons. The lowest BCUT2D eigenvalue weighted by Crippen LogP contribution is -2.45. The molecule has 0 aliphatic carbocycles. The van der Waals surface area contributed by atoms with Crippen molar-refractivity contribution in [2.45, 2.75) is 19.4 Å². The minimum atomic E-state index is -0.296. The van der Waals surface area contributed by atoms with Gasteiger partial charge in [0.25, 0.3) is 5.91 Å². The Hall–Kier alpha value is -3.41. The van der Waals surface area contributed by atoms with Gasteiger partial charge >= 0.3 is 0 Å². The van der Waals surface area contributed by atoms with E-state index in [1.165, 1.54) is 12.1 Å². The summed E-state index contributed by atoms with van der Waals surface area (Å²) >= 11 is 0. The fourth-order valence-electron chi connectivity index (χ4n) is 4.42. The molecule has 0 spiro atoms. The zero-order chi connectivity index (χ0) is 22.7. The van der Waals surface area contributed by atoms with Gasteiger partial charge < -0.3 is 14.5 Å². The van der Waals surface area contributed by atoms with Crippen LogP contribution < -0.4 is 4.74 Å². The molecule has 6 heteroatoms. The summed E-state index contributed by atoms with van der Waals surface area (Å²) in [5.74, 6) is 0.123. The monoisotopic (exact) mass is 434 g/mol. The molecule has 1 saturated heterocycles. The molecule has 0 bridgehead atoms. The highest BCUT2D eigenvalue weighted by atomic mass is 19.1. The molecular formula is C26H27FN2O3. The zero-order valence-electron chi connectivity index (χ0n) is 18.4. The van der Waals surface area contributed by atoms with Crippen LogP contribution in [0.3, 0.4) is 0 Å². The van der Waals surface area contributed by atoms with E-state index in [-0.39, 0.29) is 23.5 Å². The van der Waals surface area contributed by atoms with Gasteiger partial charge in [-0.05, 0) is 48.1 Å². The molecule has 4 rings (SSSR count). The first-order chi connectivity index (χ1) is 15.5. The number of hydrogen-bond donors (Lipinski definition) is 0. The Morgan fingerprint density at radius 1 is 1.06 bits per heavy atom. The molecule has 1 unspecified atom stereocenters. The van der Waals surface area contributed by atoms with E-state index >= 15 is 0 Å². The number of nitrogens with zero attached hydrogens (tertiary/aromatic N) is 2. The Kier molecular flexibility index (Phi) is 6.40. The molecule has 3 aromatic carbocycles. The van der Waals surface area contributed by atoms with Crippen LogP contribution in [0.4, 0.5) is 4.39 Å². The predicted octanol–water partition coefficient (Wildman–Crippen LogP) is 4.50. The maximum atomic E-state index is 13.4. The maximum Gasteiger partial charge on any atom is 0.254 e. The van der Waals surface area contributed by atoms with Crippen LogP contribution in [0.5, 0.6) is 5.75 Å². The van der Waals surface area contributed by atoms with E-state index in [1.807, 2.05) is 30.3 Å². The summed E-state index contributed by atoms with van der Waals surface area (Å²) in [4.78, 5) is 29.9. The summed E-state index contributed by atoms with van der Waals surface area (Å²) < 4.78 is 18.6. The van der Waals surface area contributed by atoms with E-state index in [4.69, 9.17) is 4.74 Å². The molecule has 3 aromatic rings. The van der Waals surface area contributed by atoms with Crippen LogP contribution in [0.1, 0.15) is 28.8 Å². The molecule has 166 valence electrons. The van der Waals surface area contributed by atoms with Gasteiger partial charge in [0.1, 0.15) is 11.6 Å². The van der Waals surface area contributed by atoms with Crippen molar-refractivity contribution >= 4 is 22.6 Å². The Morgan fingerprint density at radius 2 is 1.78 bits per heavy atom. The van der Waals surface area contributed by atoms with Gasteiger partial charge in [-0.15, -0.1) is 0 Å². The second-order valence-corrected chi connectivity index (χ2v) is 8.27. The van der Waals surface area contributed by atoms with Gasteiger partial charge in [-0.25, -0.2) is 4.39 Å². The molecular weight excluding hydrogens is 407 g/mol. The number of likely N-dealkylation sites (tertiary alicyclic amines) is 1. The van der Waals surface area contributed by atoms with E-state index < -0.39 is 0 Å². The number of amides is 2. The average Bonchev–Trinajstić information content (AvgIpc) is 2.84. The van der Waals surface area contributed by atoms with Crippen molar-refractivity contribution in [1.29, 1.82) is 0 Å². The fraction of sp³-hybridized carbons (Fsp3) is 0.308. The molecule has 1 atom stereocenters. The highest BCUT2D eigenvalue weighted by Crippen LogP contribution is 2.30. The molecule has 32 heavy (non-hydrogen) atoms. The third-order valence-corrected chi connectivity index (χ3v) is 6.10. The second kappa shape index (κ2) is 9.39. The van der Waals surface area contributed by atoms with Crippen molar-refractivity contribution in [2.75, 3.05) is 27.2 Å². The minimum absolute atomic E-state index is 0.00594. The molecule has 0 aromatic heterocycles. The summed E-state index contributed by atoms with van der Waals surface area (Å²) in [7, 11) is 3.37. The molecule has 1 aliphatic rings. The molecule has 5 nitrogen and oxygen atoms in total. The van der Waals surface area contributed by atoms with Crippen LogP contribution in [-0.2, 0) is 11.3 Å². The van der Waals surface area contributed by atoms with E-state index in [0.717, 1.165) is 34.9 Å². The summed E-state index contributed by atoms with van der Waals surface area (Å²) in [5, 5.41) is 1.74. The summed E-state index contributed by atoms with van der Waals surface area (Å²) in [6, 6.07) is 17.5. The van der Waals surface area contributed by atoms with Crippen LogP contribution in [-0.4, -0.2) is 48.9 Å². The van der Waals surface area contributed by atoms with Crippen LogP contribution in [0.25, 0.3) is 10.8 Å². The Bertz CT molecular complexity index is 1130. The number of piperidine rings is 1. The summed E-state index contributed by atoms with van der Waals surface area (Å²) in [6.07, 6.45) is 1.53. The third-order valence-electron chi connectivity index (χ3n) is 6.10. The average molecular weight is 435 g/mol. The first kappa shape index (κ1) is 21.8. The molecule has 0 saturated carbocycles. The van der Waals surface area contributed by atoms with E-state index in [0.29, 0.717) is 25.2 Å². The minimum Gasteiger partial charge on any atom is -0.496 e. The SMILES string of the molecule is COc1ccc(C(=O)N2CCCC(C(=O)N(C)Cc3ccc(F)cc3)C2)c2ccccc12. The smallest absolute Gasteiger partial charge is 0.254 e. The van der Waals surface area contributed by atoms with Crippen LogP contribution in [0.15, 0.2) is 60.7 Å². The topological polar surface area (TPSA) is 49.9 Å². The predicted molar refractivity (Wildman–Crippen MR) is 122 cm³/mol. The second-order valence-electron chi connectivity index (χ2n) is 8.27. The fourth-order valence-corrected chi connectivity index (χ4v) is 4.42. The number of hydrogen-bond acceptors (Lipinski definition) is 3. The van der Waals surface area contributed by atoms with Crippen molar-refractivity contribution < 1.29 is 18.7 Å². The number of methoxy groups -OCH3 is 1. The number of ether oxygens (including phenoxy) is 1. The number of carbonyl (C=O) groups excluding carboxylic acids is 2.